The Kier molecular flexibility index (Phi) is 4.40. The van der Waals surface area contributed by atoms with Crippen molar-refractivity contribution in [3.8, 4) is 0 Å². The molecule has 1 aromatic heterocycles. The van der Waals surface area contributed by atoms with Crippen molar-refractivity contribution in [2.45, 2.75) is 50.6 Å². The van der Waals surface area contributed by atoms with Crippen LogP contribution in [0.25, 0.3) is 10.9 Å². The van der Waals surface area contributed by atoms with Crippen molar-refractivity contribution in [3.63, 3.8) is 0 Å². The van der Waals surface area contributed by atoms with Gasteiger partial charge in [-0.3, -0.25) is 19.6 Å². The van der Waals surface area contributed by atoms with Crippen molar-refractivity contribution in [3.05, 3.63) is 23.9 Å². The van der Waals surface area contributed by atoms with Crippen molar-refractivity contribution in [2.24, 2.45) is 7.05 Å². The number of imide groups is 1. The zero-order valence-electron chi connectivity index (χ0n) is 15.2. The first kappa shape index (κ1) is 17.0. The van der Waals surface area contributed by atoms with E-state index < -0.39 is 0 Å². The summed E-state index contributed by atoms with van der Waals surface area (Å²) in [6.45, 7) is 3.25. The molecular weight excluding hydrogens is 330 g/mol. The van der Waals surface area contributed by atoms with E-state index in [9.17, 15) is 9.59 Å². The number of nitrogens with zero attached hydrogens (tertiary/aromatic N) is 2. The van der Waals surface area contributed by atoms with Gasteiger partial charge in [-0.25, -0.2) is 0 Å². The minimum Gasteiger partial charge on any atom is -0.382 e. The number of piperidine rings is 2. The van der Waals surface area contributed by atoms with Crippen LogP contribution in [-0.2, 0) is 16.6 Å². The fourth-order valence-corrected chi connectivity index (χ4v) is 4.09. The van der Waals surface area contributed by atoms with Gasteiger partial charge in [0.1, 0.15) is 0 Å². The van der Waals surface area contributed by atoms with Crippen molar-refractivity contribution in [1.82, 2.24) is 20.4 Å². The van der Waals surface area contributed by atoms with Gasteiger partial charge in [-0.15, -0.1) is 0 Å². The molecule has 2 saturated heterocycles. The van der Waals surface area contributed by atoms with Crippen LogP contribution in [0.3, 0.4) is 0 Å². The van der Waals surface area contributed by atoms with Crippen LogP contribution in [0, 0.1) is 0 Å². The second-order valence-corrected chi connectivity index (χ2v) is 7.47. The molecule has 1 unspecified atom stereocenters. The average molecular weight is 355 g/mol. The lowest BCUT2D eigenvalue weighted by molar-refractivity contribution is -0.134. The number of aryl methyl sites for hydroxylation is 1. The highest BCUT2D eigenvalue weighted by Gasteiger charge is 2.31. The van der Waals surface area contributed by atoms with Crippen LogP contribution in [-0.4, -0.2) is 40.2 Å². The molecule has 2 aliphatic rings. The van der Waals surface area contributed by atoms with E-state index in [-0.39, 0.29) is 17.7 Å². The van der Waals surface area contributed by atoms with Gasteiger partial charge in [-0.2, -0.15) is 5.10 Å². The molecule has 3 heterocycles. The number of nitrogens with one attached hydrogen (secondary N) is 3. The van der Waals surface area contributed by atoms with Gasteiger partial charge < -0.3 is 10.6 Å². The maximum atomic E-state index is 12.2. The highest BCUT2D eigenvalue weighted by molar-refractivity contribution is 6.02. The van der Waals surface area contributed by atoms with Crippen LogP contribution in [0.4, 0.5) is 5.69 Å². The van der Waals surface area contributed by atoms with E-state index in [1.807, 2.05) is 17.8 Å². The van der Waals surface area contributed by atoms with E-state index >= 15 is 0 Å². The molecule has 7 nitrogen and oxygen atoms in total. The van der Waals surface area contributed by atoms with Crippen LogP contribution in [0.5, 0.6) is 0 Å². The molecular formula is C19H25N5O2. The quantitative estimate of drug-likeness (QED) is 0.729. The number of fused-ring (bicyclic) bond motifs is 1. The third-order valence-corrected chi connectivity index (χ3v) is 5.44. The fourth-order valence-electron chi connectivity index (χ4n) is 4.09. The monoisotopic (exact) mass is 355 g/mol. The molecule has 0 spiro atoms. The molecule has 138 valence electrons. The lowest BCUT2D eigenvalue weighted by Gasteiger charge is -2.29. The fraction of sp³-hybridized carbons (Fsp3) is 0.526. The summed E-state index contributed by atoms with van der Waals surface area (Å²) < 4.78 is 1.82. The molecule has 2 fully saturated rings. The van der Waals surface area contributed by atoms with E-state index in [1.165, 1.54) is 0 Å². The van der Waals surface area contributed by atoms with Crippen LogP contribution in [0.2, 0.25) is 0 Å². The molecule has 2 amide bonds. The SMILES string of the molecule is C[C@@H]1C[C@H](Nc2ccc3c(C4CCC(=O)NC4=O)nn(C)c3c2)CCN1. The minimum atomic E-state index is -0.361. The summed E-state index contributed by atoms with van der Waals surface area (Å²) in [5.41, 5.74) is 2.83. The topological polar surface area (TPSA) is 88.1 Å². The summed E-state index contributed by atoms with van der Waals surface area (Å²) in [7, 11) is 1.90. The molecule has 0 aliphatic carbocycles. The normalized spacial score (nSPS) is 26.8. The van der Waals surface area contributed by atoms with Crippen molar-refractivity contribution in [2.75, 3.05) is 11.9 Å². The lowest BCUT2D eigenvalue weighted by atomic mass is 9.92. The Morgan fingerprint density at radius 3 is 2.88 bits per heavy atom. The first-order valence-corrected chi connectivity index (χ1v) is 9.31. The highest BCUT2D eigenvalue weighted by atomic mass is 16.2. The van der Waals surface area contributed by atoms with Gasteiger partial charge in [0, 0.05) is 36.6 Å². The summed E-state index contributed by atoms with van der Waals surface area (Å²) in [5, 5.41) is 15.1. The summed E-state index contributed by atoms with van der Waals surface area (Å²) in [5.74, 6) is -0.804. The van der Waals surface area contributed by atoms with Crippen LogP contribution >= 0.6 is 0 Å². The van der Waals surface area contributed by atoms with Crippen LogP contribution < -0.4 is 16.0 Å². The van der Waals surface area contributed by atoms with Gasteiger partial charge in [0.25, 0.3) is 0 Å². The van der Waals surface area contributed by atoms with E-state index in [1.54, 1.807) is 0 Å². The molecule has 0 radical (unpaired) electrons. The third-order valence-electron chi connectivity index (χ3n) is 5.44. The van der Waals surface area contributed by atoms with Crippen LogP contribution in [0.15, 0.2) is 18.2 Å². The number of benzene rings is 1. The van der Waals surface area contributed by atoms with Gasteiger partial charge in [0.2, 0.25) is 11.8 Å². The Balaban J connectivity index is 1.60. The van der Waals surface area contributed by atoms with E-state index in [4.69, 9.17) is 0 Å². The number of carbonyl (C=O) groups excluding carboxylic acids is 2. The summed E-state index contributed by atoms with van der Waals surface area (Å²) in [6.07, 6.45) is 3.09. The van der Waals surface area contributed by atoms with Gasteiger partial charge in [-0.1, -0.05) is 0 Å². The molecule has 3 N–H and O–H groups in total. The van der Waals surface area contributed by atoms with Gasteiger partial charge in [-0.05, 0) is 50.9 Å². The second kappa shape index (κ2) is 6.72. The number of hydrogen-bond acceptors (Lipinski definition) is 5. The van der Waals surface area contributed by atoms with Crippen molar-refractivity contribution >= 4 is 28.4 Å². The Morgan fingerprint density at radius 2 is 2.12 bits per heavy atom. The molecule has 2 aromatic rings. The minimum absolute atomic E-state index is 0.200. The standard InChI is InChI=1S/C19H25N5O2/c1-11-9-13(7-8-20-11)21-12-3-4-14-16(10-12)24(2)23-18(14)15-5-6-17(25)22-19(15)26/h3-4,10-11,13,15,20-21H,5-9H2,1-2H3,(H,22,25,26)/t11-,13-,15?/m1/s1. The maximum Gasteiger partial charge on any atom is 0.235 e. The van der Waals surface area contributed by atoms with Crippen molar-refractivity contribution in [1.29, 1.82) is 0 Å². The van der Waals surface area contributed by atoms with Crippen LogP contribution in [0.1, 0.15) is 44.2 Å². The number of rotatable bonds is 3. The predicted octanol–water partition coefficient (Wildman–Crippen LogP) is 1.65. The first-order chi connectivity index (χ1) is 12.5. The lowest BCUT2D eigenvalue weighted by Crippen LogP contribution is -2.41. The zero-order valence-corrected chi connectivity index (χ0v) is 15.2. The number of hydrogen-bond donors (Lipinski definition) is 3. The smallest absolute Gasteiger partial charge is 0.235 e. The Hall–Kier alpha value is -2.41. The molecule has 26 heavy (non-hydrogen) atoms. The van der Waals surface area contributed by atoms with Gasteiger partial charge in [0.15, 0.2) is 0 Å². The Morgan fingerprint density at radius 1 is 1.27 bits per heavy atom. The molecule has 0 bridgehead atoms. The Bertz CT molecular complexity index is 859. The van der Waals surface area contributed by atoms with E-state index in [0.717, 1.165) is 41.7 Å². The highest BCUT2D eigenvalue weighted by Crippen LogP contribution is 2.31. The average Bonchev–Trinajstić information content (AvgIpc) is 2.91. The summed E-state index contributed by atoms with van der Waals surface area (Å²) in [6, 6.07) is 7.19. The number of amides is 2. The van der Waals surface area contributed by atoms with Gasteiger partial charge in [0.05, 0.1) is 17.1 Å². The second-order valence-electron chi connectivity index (χ2n) is 7.47. The zero-order chi connectivity index (χ0) is 18.3. The molecule has 7 heteroatoms. The Labute approximate surface area is 152 Å². The molecule has 1 aromatic carbocycles. The molecule has 4 rings (SSSR count). The number of anilines is 1. The number of aromatic nitrogens is 2. The third kappa shape index (κ3) is 3.19. The largest absolute Gasteiger partial charge is 0.382 e. The number of carbonyl (C=O) groups is 2. The molecule has 3 atom stereocenters. The summed E-state index contributed by atoms with van der Waals surface area (Å²) in [4.78, 5) is 23.6. The molecule has 2 aliphatic heterocycles. The van der Waals surface area contributed by atoms with Crippen molar-refractivity contribution < 1.29 is 9.59 Å². The first-order valence-electron chi connectivity index (χ1n) is 9.31. The van der Waals surface area contributed by atoms with E-state index in [0.29, 0.717) is 24.9 Å². The van der Waals surface area contributed by atoms with E-state index in [2.05, 4.69) is 40.1 Å². The summed E-state index contributed by atoms with van der Waals surface area (Å²) >= 11 is 0. The predicted molar refractivity (Wildman–Crippen MR) is 99.9 cm³/mol. The molecule has 0 saturated carbocycles. The van der Waals surface area contributed by atoms with Gasteiger partial charge >= 0.3 is 0 Å². The maximum absolute atomic E-state index is 12.2.